The van der Waals surface area contributed by atoms with Crippen LogP contribution in [0, 0.1) is 5.92 Å². The summed E-state index contributed by atoms with van der Waals surface area (Å²) in [7, 11) is 0. The maximum Gasteiger partial charge on any atom is 0.0665 e. The summed E-state index contributed by atoms with van der Waals surface area (Å²) < 4.78 is 0. The highest BCUT2D eigenvalue weighted by atomic mass is 15.0. The second kappa shape index (κ2) is 4.37. The standard InChI is InChI=1S/C9H22N4/c10-8(11)5-4-7-3-1-2-6-9(7,12)13/h7-8H,1-6,10-13H2. The molecule has 1 aliphatic carbocycles. The topological polar surface area (TPSA) is 104 Å². The Hall–Kier alpha value is -0.160. The number of nitrogens with two attached hydrogens (primary N) is 4. The lowest BCUT2D eigenvalue weighted by molar-refractivity contribution is 0.179. The van der Waals surface area contributed by atoms with Gasteiger partial charge in [-0.2, -0.15) is 0 Å². The van der Waals surface area contributed by atoms with Crippen molar-refractivity contribution in [1.82, 2.24) is 0 Å². The van der Waals surface area contributed by atoms with E-state index in [0.29, 0.717) is 5.92 Å². The van der Waals surface area contributed by atoms with Gasteiger partial charge < -0.3 is 22.9 Å². The lowest BCUT2D eigenvalue weighted by Gasteiger charge is -2.38. The summed E-state index contributed by atoms with van der Waals surface area (Å²) >= 11 is 0. The average Bonchev–Trinajstić information content (AvgIpc) is 2.01. The third-order valence-corrected chi connectivity index (χ3v) is 3.02. The molecule has 8 N–H and O–H groups in total. The number of hydrogen-bond acceptors (Lipinski definition) is 4. The Balaban J connectivity index is 2.37. The first-order chi connectivity index (χ1) is 6.02. The Morgan fingerprint density at radius 3 is 2.46 bits per heavy atom. The molecule has 4 nitrogen and oxygen atoms in total. The first kappa shape index (κ1) is 10.9. The highest BCUT2D eigenvalue weighted by Gasteiger charge is 2.32. The van der Waals surface area contributed by atoms with Crippen LogP contribution in [-0.2, 0) is 0 Å². The summed E-state index contributed by atoms with van der Waals surface area (Å²) in [4.78, 5) is 0. The minimum Gasteiger partial charge on any atom is -0.316 e. The zero-order valence-corrected chi connectivity index (χ0v) is 8.21. The summed E-state index contributed by atoms with van der Waals surface area (Å²) in [6.07, 6.45) is 6.00. The second-order valence-electron chi connectivity index (χ2n) is 4.30. The van der Waals surface area contributed by atoms with Crippen molar-refractivity contribution in [1.29, 1.82) is 0 Å². The molecule has 0 heterocycles. The molecule has 0 radical (unpaired) electrons. The van der Waals surface area contributed by atoms with E-state index in [-0.39, 0.29) is 6.17 Å². The van der Waals surface area contributed by atoms with E-state index in [1.165, 1.54) is 6.42 Å². The smallest absolute Gasteiger partial charge is 0.0665 e. The van der Waals surface area contributed by atoms with Gasteiger partial charge in [-0.05, 0) is 31.6 Å². The van der Waals surface area contributed by atoms with Crippen molar-refractivity contribution in [2.24, 2.45) is 28.9 Å². The number of rotatable bonds is 3. The fourth-order valence-electron chi connectivity index (χ4n) is 2.10. The molecule has 0 spiro atoms. The predicted molar refractivity (Wildman–Crippen MR) is 54.5 cm³/mol. The van der Waals surface area contributed by atoms with Crippen LogP contribution in [0.3, 0.4) is 0 Å². The third-order valence-electron chi connectivity index (χ3n) is 3.02. The van der Waals surface area contributed by atoms with E-state index >= 15 is 0 Å². The summed E-state index contributed by atoms with van der Waals surface area (Å²) in [5.41, 5.74) is 22.5. The first-order valence-corrected chi connectivity index (χ1v) is 5.11. The van der Waals surface area contributed by atoms with Gasteiger partial charge in [-0.25, -0.2) is 0 Å². The van der Waals surface area contributed by atoms with Crippen LogP contribution in [0.25, 0.3) is 0 Å². The van der Waals surface area contributed by atoms with Gasteiger partial charge in [0.2, 0.25) is 0 Å². The van der Waals surface area contributed by atoms with E-state index in [4.69, 9.17) is 22.9 Å². The van der Waals surface area contributed by atoms with Crippen LogP contribution >= 0.6 is 0 Å². The van der Waals surface area contributed by atoms with Crippen molar-refractivity contribution in [3.63, 3.8) is 0 Å². The zero-order valence-electron chi connectivity index (χ0n) is 8.21. The number of hydrogen-bond donors (Lipinski definition) is 4. The van der Waals surface area contributed by atoms with Crippen molar-refractivity contribution < 1.29 is 0 Å². The molecule has 1 rings (SSSR count). The maximum absolute atomic E-state index is 6.00. The lowest BCUT2D eigenvalue weighted by Crippen LogP contribution is -2.57. The SMILES string of the molecule is NC(N)CCC1CCCCC1(N)N. The highest BCUT2D eigenvalue weighted by molar-refractivity contribution is 4.89. The average molecular weight is 186 g/mol. The largest absolute Gasteiger partial charge is 0.316 e. The Labute approximate surface area is 80.0 Å². The quantitative estimate of drug-likeness (QED) is 0.459. The predicted octanol–water partition coefficient (Wildman–Crippen LogP) is -0.186. The Bertz CT molecular complexity index is 156. The normalized spacial score (nSPS) is 27.9. The molecule has 1 saturated carbocycles. The molecule has 1 atom stereocenters. The monoisotopic (exact) mass is 186 g/mol. The minimum absolute atomic E-state index is 0.224. The van der Waals surface area contributed by atoms with E-state index in [0.717, 1.165) is 32.1 Å². The molecule has 1 fully saturated rings. The summed E-state index contributed by atoms with van der Waals surface area (Å²) in [5.74, 6) is 0.399. The Morgan fingerprint density at radius 1 is 1.23 bits per heavy atom. The van der Waals surface area contributed by atoms with Gasteiger partial charge in [0, 0.05) is 0 Å². The van der Waals surface area contributed by atoms with E-state index in [1.807, 2.05) is 0 Å². The van der Waals surface area contributed by atoms with Crippen molar-refractivity contribution in [2.75, 3.05) is 0 Å². The van der Waals surface area contributed by atoms with Crippen molar-refractivity contribution in [2.45, 2.75) is 50.4 Å². The molecule has 13 heavy (non-hydrogen) atoms. The van der Waals surface area contributed by atoms with Gasteiger partial charge >= 0.3 is 0 Å². The third kappa shape index (κ3) is 3.23. The molecule has 0 aromatic rings. The van der Waals surface area contributed by atoms with Crippen LogP contribution in [0.5, 0.6) is 0 Å². The van der Waals surface area contributed by atoms with E-state index in [9.17, 15) is 0 Å². The fourth-order valence-corrected chi connectivity index (χ4v) is 2.10. The molecule has 0 saturated heterocycles. The first-order valence-electron chi connectivity index (χ1n) is 5.11. The molecular formula is C9H22N4. The van der Waals surface area contributed by atoms with Gasteiger partial charge in [-0.3, -0.25) is 0 Å². The van der Waals surface area contributed by atoms with Gasteiger partial charge in [0.15, 0.2) is 0 Å². The van der Waals surface area contributed by atoms with Gasteiger partial charge in [-0.15, -0.1) is 0 Å². The van der Waals surface area contributed by atoms with Crippen LogP contribution in [0.4, 0.5) is 0 Å². The van der Waals surface area contributed by atoms with Gasteiger partial charge in [0.1, 0.15) is 0 Å². The van der Waals surface area contributed by atoms with Crippen LogP contribution in [-0.4, -0.2) is 11.8 Å². The molecule has 0 aromatic heterocycles. The molecule has 78 valence electrons. The van der Waals surface area contributed by atoms with E-state index in [1.54, 1.807) is 0 Å². The van der Waals surface area contributed by atoms with E-state index < -0.39 is 5.66 Å². The maximum atomic E-state index is 6.00. The zero-order chi connectivity index (χ0) is 9.90. The van der Waals surface area contributed by atoms with Gasteiger partial charge in [-0.1, -0.05) is 12.8 Å². The van der Waals surface area contributed by atoms with Crippen molar-refractivity contribution in [3.8, 4) is 0 Å². The molecule has 0 amide bonds. The summed E-state index contributed by atoms with van der Waals surface area (Å²) in [5, 5.41) is 0. The minimum atomic E-state index is -0.479. The Kier molecular flexibility index (Phi) is 3.67. The molecular weight excluding hydrogens is 164 g/mol. The van der Waals surface area contributed by atoms with Crippen molar-refractivity contribution >= 4 is 0 Å². The molecule has 0 aromatic carbocycles. The molecule has 1 aliphatic rings. The molecule has 1 unspecified atom stereocenters. The lowest BCUT2D eigenvalue weighted by atomic mass is 9.77. The highest BCUT2D eigenvalue weighted by Crippen LogP contribution is 2.31. The van der Waals surface area contributed by atoms with E-state index in [2.05, 4.69) is 0 Å². The van der Waals surface area contributed by atoms with Gasteiger partial charge in [0.25, 0.3) is 0 Å². The second-order valence-corrected chi connectivity index (χ2v) is 4.30. The van der Waals surface area contributed by atoms with Crippen LogP contribution in [0.15, 0.2) is 0 Å². The fraction of sp³-hybridized carbons (Fsp3) is 1.00. The molecule has 0 bridgehead atoms. The summed E-state index contributed by atoms with van der Waals surface area (Å²) in [6.45, 7) is 0. The summed E-state index contributed by atoms with van der Waals surface area (Å²) in [6, 6.07) is 0. The van der Waals surface area contributed by atoms with Crippen LogP contribution in [0.2, 0.25) is 0 Å². The molecule has 0 aliphatic heterocycles. The van der Waals surface area contributed by atoms with Gasteiger partial charge in [0.05, 0.1) is 11.8 Å². The van der Waals surface area contributed by atoms with Crippen LogP contribution < -0.4 is 22.9 Å². The van der Waals surface area contributed by atoms with Crippen LogP contribution in [0.1, 0.15) is 38.5 Å². The molecule has 4 heteroatoms. The Morgan fingerprint density at radius 2 is 1.92 bits per heavy atom. The van der Waals surface area contributed by atoms with Crippen molar-refractivity contribution in [3.05, 3.63) is 0 Å².